The van der Waals surface area contributed by atoms with Gasteiger partial charge in [-0.15, -0.1) is 0 Å². The number of hydrogen-bond acceptors (Lipinski definition) is 2. The molecule has 0 saturated carbocycles. The summed E-state index contributed by atoms with van der Waals surface area (Å²) in [6.07, 6.45) is 1.62. The molecule has 2 aromatic carbocycles. The maximum atomic E-state index is 12.1. The van der Waals surface area contributed by atoms with Crippen LogP contribution in [0.15, 0.2) is 59.5 Å². The summed E-state index contributed by atoms with van der Waals surface area (Å²) in [5.41, 5.74) is 1.28. The van der Waals surface area contributed by atoms with E-state index in [2.05, 4.69) is 0 Å². The monoisotopic (exact) mass is 244 g/mol. The molecule has 0 aliphatic heterocycles. The minimum absolute atomic E-state index is 0.0148. The van der Waals surface area contributed by atoms with Gasteiger partial charge in [0.25, 0.3) is 0 Å². The van der Waals surface area contributed by atoms with Crippen molar-refractivity contribution in [3.8, 4) is 0 Å². The van der Waals surface area contributed by atoms with Crippen LogP contribution < -0.4 is 0 Å². The predicted molar refractivity (Wildman–Crippen MR) is 68.6 cm³/mol. The van der Waals surface area contributed by atoms with Crippen LogP contribution in [0.25, 0.3) is 0 Å². The third-order valence-electron chi connectivity index (χ3n) is 2.48. The summed E-state index contributed by atoms with van der Waals surface area (Å²) in [7, 11) is 0. The van der Waals surface area contributed by atoms with Crippen molar-refractivity contribution in [2.24, 2.45) is 0 Å². The van der Waals surface area contributed by atoms with Crippen LogP contribution in [0.4, 0.5) is 0 Å². The second kappa shape index (κ2) is 5.17. The maximum Gasteiger partial charge on any atom is 0.193 e. The molecule has 0 aromatic heterocycles. The minimum Gasteiger partial charge on any atom is -0.612 e. The molecule has 86 valence electrons. The largest absolute Gasteiger partial charge is 0.612 e. The highest BCUT2D eigenvalue weighted by Gasteiger charge is 2.10. The number of carbonyl (C=O) groups excluding carboxylic acids is 1. The van der Waals surface area contributed by atoms with Gasteiger partial charge < -0.3 is 4.55 Å². The maximum absolute atomic E-state index is 12.1. The minimum atomic E-state index is -1.01. The van der Waals surface area contributed by atoms with E-state index in [4.69, 9.17) is 0 Å². The van der Waals surface area contributed by atoms with E-state index < -0.39 is 11.2 Å². The topological polar surface area (TPSA) is 40.1 Å². The van der Waals surface area contributed by atoms with Crippen molar-refractivity contribution >= 4 is 17.0 Å². The number of hydrogen-bond donors (Lipinski definition) is 0. The SMILES string of the molecule is C[S+]([O-])c1ccc(C(=O)c2ccccc2)cc1. The van der Waals surface area contributed by atoms with E-state index in [1.807, 2.05) is 18.2 Å². The molecule has 2 rings (SSSR count). The van der Waals surface area contributed by atoms with Crippen molar-refractivity contribution in [2.75, 3.05) is 6.26 Å². The first-order valence-corrected chi connectivity index (χ1v) is 6.77. The van der Waals surface area contributed by atoms with Gasteiger partial charge in [-0.2, -0.15) is 0 Å². The summed E-state index contributed by atoms with van der Waals surface area (Å²) in [6, 6.07) is 16.0. The van der Waals surface area contributed by atoms with Crippen molar-refractivity contribution in [3.05, 3.63) is 65.7 Å². The zero-order valence-electron chi connectivity index (χ0n) is 9.42. The Bertz CT molecular complexity index is 504. The van der Waals surface area contributed by atoms with Crippen LogP contribution in [0.1, 0.15) is 15.9 Å². The second-order valence-electron chi connectivity index (χ2n) is 3.67. The quantitative estimate of drug-likeness (QED) is 0.615. The van der Waals surface area contributed by atoms with Gasteiger partial charge >= 0.3 is 0 Å². The Morgan fingerprint density at radius 3 is 2.00 bits per heavy atom. The first-order chi connectivity index (χ1) is 8.18. The molecule has 0 spiro atoms. The molecule has 0 N–H and O–H groups in total. The fraction of sp³-hybridized carbons (Fsp3) is 0.0714. The molecular formula is C14H12O2S. The van der Waals surface area contributed by atoms with Gasteiger partial charge in [0, 0.05) is 11.1 Å². The lowest BCUT2D eigenvalue weighted by Gasteiger charge is -2.05. The lowest BCUT2D eigenvalue weighted by Crippen LogP contribution is -2.02. The van der Waals surface area contributed by atoms with Crippen LogP contribution in [0.2, 0.25) is 0 Å². The Balaban J connectivity index is 2.27. The molecule has 0 fully saturated rings. The Morgan fingerprint density at radius 1 is 0.941 bits per heavy atom. The molecular weight excluding hydrogens is 232 g/mol. The highest BCUT2D eigenvalue weighted by atomic mass is 32.2. The fourth-order valence-corrected chi connectivity index (χ4v) is 2.07. The zero-order valence-corrected chi connectivity index (χ0v) is 10.2. The summed E-state index contributed by atoms with van der Waals surface area (Å²) < 4.78 is 11.2. The molecule has 2 nitrogen and oxygen atoms in total. The molecule has 0 aliphatic rings. The number of carbonyl (C=O) groups is 1. The van der Waals surface area contributed by atoms with Crippen LogP contribution in [-0.2, 0) is 11.2 Å². The predicted octanol–water partition coefficient (Wildman–Crippen LogP) is 2.66. The second-order valence-corrected chi connectivity index (χ2v) is 5.05. The van der Waals surface area contributed by atoms with E-state index in [1.165, 1.54) is 0 Å². The van der Waals surface area contributed by atoms with E-state index in [1.54, 1.807) is 42.7 Å². The molecule has 1 atom stereocenters. The van der Waals surface area contributed by atoms with Gasteiger partial charge in [-0.05, 0) is 35.4 Å². The van der Waals surface area contributed by atoms with Gasteiger partial charge in [0.05, 0.1) is 0 Å². The molecule has 1 unspecified atom stereocenters. The van der Waals surface area contributed by atoms with Gasteiger partial charge in [0.1, 0.15) is 6.26 Å². The first-order valence-electron chi connectivity index (χ1n) is 5.22. The van der Waals surface area contributed by atoms with Crippen molar-refractivity contribution in [3.63, 3.8) is 0 Å². The first kappa shape index (κ1) is 11.9. The van der Waals surface area contributed by atoms with Crippen molar-refractivity contribution in [2.45, 2.75) is 4.90 Å². The molecule has 17 heavy (non-hydrogen) atoms. The fourth-order valence-electron chi connectivity index (χ4n) is 1.55. The zero-order chi connectivity index (χ0) is 12.3. The van der Waals surface area contributed by atoms with Crippen molar-refractivity contribution in [1.82, 2.24) is 0 Å². The summed E-state index contributed by atoms with van der Waals surface area (Å²) in [4.78, 5) is 12.8. The molecule has 0 amide bonds. The van der Waals surface area contributed by atoms with Gasteiger partial charge in [-0.25, -0.2) is 0 Å². The number of ketones is 1. The van der Waals surface area contributed by atoms with Crippen molar-refractivity contribution < 1.29 is 9.35 Å². The molecule has 2 aromatic rings. The van der Waals surface area contributed by atoms with E-state index in [9.17, 15) is 9.35 Å². The van der Waals surface area contributed by atoms with Crippen LogP contribution >= 0.6 is 0 Å². The van der Waals surface area contributed by atoms with Gasteiger partial charge in [0.2, 0.25) is 0 Å². The van der Waals surface area contributed by atoms with Gasteiger partial charge in [-0.3, -0.25) is 4.79 Å². The molecule has 0 aliphatic carbocycles. The van der Waals surface area contributed by atoms with E-state index in [-0.39, 0.29) is 5.78 Å². The standard InChI is InChI=1S/C14H12O2S/c1-17(16)13-9-7-12(8-10-13)14(15)11-5-3-2-4-6-11/h2-10H,1H3. The average Bonchev–Trinajstić information content (AvgIpc) is 2.39. The normalized spacial score (nSPS) is 12.1. The van der Waals surface area contributed by atoms with E-state index in [0.29, 0.717) is 11.1 Å². The summed E-state index contributed by atoms with van der Waals surface area (Å²) in [6.45, 7) is 0. The third-order valence-corrected chi connectivity index (χ3v) is 3.42. The highest BCUT2D eigenvalue weighted by Crippen LogP contribution is 2.13. The molecule has 0 saturated heterocycles. The van der Waals surface area contributed by atoms with Crippen LogP contribution in [0.5, 0.6) is 0 Å². The Kier molecular flexibility index (Phi) is 3.61. The highest BCUT2D eigenvalue weighted by molar-refractivity contribution is 7.90. The Morgan fingerprint density at radius 2 is 1.47 bits per heavy atom. The molecule has 3 heteroatoms. The Labute approximate surface area is 103 Å². The lowest BCUT2D eigenvalue weighted by atomic mass is 10.0. The van der Waals surface area contributed by atoms with Crippen LogP contribution in [-0.4, -0.2) is 16.6 Å². The average molecular weight is 244 g/mol. The van der Waals surface area contributed by atoms with Gasteiger partial charge in [0.15, 0.2) is 10.7 Å². The summed E-state index contributed by atoms with van der Waals surface area (Å²) in [5.74, 6) is -0.0148. The number of rotatable bonds is 3. The Hall–Kier alpha value is -1.58. The lowest BCUT2D eigenvalue weighted by molar-refractivity contribution is 0.103. The molecule has 0 radical (unpaired) electrons. The van der Waals surface area contributed by atoms with Crippen molar-refractivity contribution in [1.29, 1.82) is 0 Å². The molecule has 0 bridgehead atoms. The van der Waals surface area contributed by atoms with Crippen LogP contribution in [0.3, 0.4) is 0 Å². The van der Waals surface area contributed by atoms with E-state index in [0.717, 1.165) is 4.90 Å². The van der Waals surface area contributed by atoms with Gasteiger partial charge in [-0.1, -0.05) is 30.3 Å². The summed E-state index contributed by atoms with van der Waals surface area (Å²) >= 11 is -1.01. The van der Waals surface area contributed by atoms with E-state index >= 15 is 0 Å². The smallest absolute Gasteiger partial charge is 0.193 e. The number of benzene rings is 2. The summed E-state index contributed by atoms with van der Waals surface area (Å²) in [5, 5.41) is 0. The molecule has 0 heterocycles. The van der Waals surface area contributed by atoms with Crippen LogP contribution in [0, 0.1) is 0 Å². The third kappa shape index (κ3) is 2.75.